The van der Waals surface area contributed by atoms with Gasteiger partial charge in [-0.2, -0.15) is 0 Å². The minimum atomic E-state index is -0.0914. The molecule has 0 aromatic heterocycles. The number of benzene rings is 8. The average Bonchev–Trinajstić information content (AvgIpc) is 3.51. The summed E-state index contributed by atoms with van der Waals surface area (Å²) in [6.45, 7) is 9.47. The van der Waals surface area contributed by atoms with Gasteiger partial charge in [-0.15, -0.1) is 0 Å². The molecule has 0 saturated carbocycles. The first-order chi connectivity index (χ1) is 23.8. The second-order valence-electron chi connectivity index (χ2n) is 15.0. The molecular weight excluding hydrogens is 591 g/mol. The van der Waals surface area contributed by atoms with Gasteiger partial charge in [-0.25, -0.2) is 0 Å². The zero-order chi connectivity index (χ0) is 33.1. The molecule has 0 saturated heterocycles. The fourth-order valence-electron chi connectivity index (χ4n) is 9.14. The molecule has 8 aromatic rings. The lowest BCUT2D eigenvalue weighted by Crippen LogP contribution is -2.17. The van der Waals surface area contributed by atoms with Crippen molar-refractivity contribution in [2.45, 2.75) is 38.5 Å². The van der Waals surface area contributed by atoms with Crippen molar-refractivity contribution in [2.24, 2.45) is 0 Å². The van der Waals surface area contributed by atoms with E-state index < -0.39 is 0 Å². The van der Waals surface area contributed by atoms with Gasteiger partial charge in [-0.05, 0) is 102 Å². The van der Waals surface area contributed by atoms with Gasteiger partial charge in [0, 0.05) is 27.8 Å². The van der Waals surface area contributed by atoms with Crippen LogP contribution in [-0.4, -0.2) is 0 Å². The Kier molecular flexibility index (Phi) is 5.75. The van der Waals surface area contributed by atoms with E-state index in [0.29, 0.717) is 0 Å². The van der Waals surface area contributed by atoms with Crippen LogP contribution in [-0.2, 0) is 10.8 Å². The molecule has 0 amide bonds. The Morgan fingerprint density at radius 3 is 1.73 bits per heavy atom. The Labute approximate surface area is 288 Å². The summed E-state index contributed by atoms with van der Waals surface area (Å²) in [5.74, 6) is 0. The Balaban J connectivity index is 1.23. The van der Waals surface area contributed by atoms with E-state index in [4.69, 9.17) is 0 Å². The van der Waals surface area contributed by atoms with Crippen molar-refractivity contribution in [1.82, 2.24) is 0 Å². The van der Waals surface area contributed by atoms with Crippen LogP contribution in [0.2, 0.25) is 0 Å². The van der Waals surface area contributed by atoms with Gasteiger partial charge >= 0.3 is 0 Å². The standard InChI is InChI=1S/C48H37N/c1-47(2)42-17-10-8-15-40(42)46-43(47)18-11-19-45(46)49(33-23-27-39-38-14-7-9-16-41(38)48(3,4)44(39)29-33)32-22-26-35-31(28-32)21-25-36-34-13-6-5-12-30(34)20-24-37(35)36/h5-29H,1-4H3. The van der Waals surface area contributed by atoms with Gasteiger partial charge < -0.3 is 4.90 Å². The summed E-state index contributed by atoms with van der Waals surface area (Å²) in [4.78, 5) is 2.51. The van der Waals surface area contributed by atoms with Crippen molar-refractivity contribution in [3.63, 3.8) is 0 Å². The predicted molar refractivity (Wildman–Crippen MR) is 209 cm³/mol. The lowest BCUT2D eigenvalue weighted by molar-refractivity contribution is 0.660. The summed E-state index contributed by atoms with van der Waals surface area (Å²) in [6.07, 6.45) is 0. The van der Waals surface area contributed by atoms with Crippen molar-refractivity contribution in [2.75, 3.05) is 4.90 Å². The lowest BCUT2D eigenvalue weighted by Gasteiger charge is -2.30. The van der Waals surface area contributed by atoms with Crippen LogP contribution in [0.5, 0.6) is 0 Å². The molecule has 10 rings (SSSR count). The Hall–Kier alpha value is -5.66. The maximum Gasteiger partial charge on any atom is 0.0543 e. The summed E-state index contributed by atoms with van der Waals surface area (Å²) < 4.78 is 0. The molecule has 2 aliphatic rings. The molecule has 0 heterocycles. The molecule has 0 fully saturated rings. The monoisotopic (exact) mass is 627 g/mol. The SMILES string of the molecule is CC1(C)c2ccccc2-c2ccc(N(c3ccc4c(ccc5c6ccccc6ccc45)c3)c3cccc4c3-c3ccccc3C4(C)C)cc21. The Morgan fingerprint density at radius 1 is 0.367 bits per heavy atom. The molecule has 0 unspecified atom stereocenters. The van der Waals surface area contributed by atoms with Crippen LogP contribution in [0.25, 0.3) is 54.6 Å². The first kappa shape index (κ1) is 28.4. The minimum Gasteiger partial charge on any atom is -0.310 e. The summed E-state index contributed by atoms with van der Waals surface area (Å²) in [7, 11) is 0. The molecule has 8 aromatic carbocycles. The van der Waals surface area contributed by atoms with Gasteiger partial charge in [0.1, 0.15) is 0 Å². The quantitative estimate of drug-likeness (QED) is 0.176. The number of nitrogens with zero attached hydrogens (tertiary/aromatic N) is 1. The Bertz CT molecular complexity index is 2670. The van der Waals surface area contributed by atoms with Gasteiger partial charge in [0.2, 0.25) is 0 Å². The van der Waals surface area contributed by atoms with Crippen molar-refractivity contribution < 1.29 is 0 Å². The highest BCUT2D eigenvalue weighted by atomic mass is 15.1. The maximum absolute atomic E-state index is 2.51. The van der Waals surface area contributed by atoms with E-state index in [1.54, 1.807) is 0 Å². The smallest absolute Gasteiger partial charge is 0.0543 e. The second-order valence-corrected chi connectivity index (χ2v) is 15.0. The molecule has 0 atom stereocenters. The fraction of sp³-hybridized carbons (Fsp3) is 0.125. The number of anilines is 3. The summed E-state index contributed by atoms with van der Waals surface area (Å²) in [5, 5.41) is 7.70. The number of hydrogen-bond acceptors (Lipinski definition) is 1. The van der Waals surface area contributed by atoms with Crippen molar-refractivity contribution in [3.8, 4) is 22.3 Å². The zero-order valence-electron chi connectivity index (χ0n) is 28.4. The van der Waals surface area contributed by atoms with Gasteiger partial charge in [0.15, 0.2) is 0 Å². The predicted octanol–water partition coefficient (Wildman–Crippen LogP) is 13.2. The van der Waals surface area contributed by atoms with Crippen LogP contribution in [0, 0.1) is 0 Å². The molecule has 1 heteroatoms. The van der Waals surface area contributed by atoms with E-state index in [-0.39, 0.29) is 10.8 Å². The van der Waals surface area contributed by atoms with E-state index in [9.17, 15) is 0 Å². The van der Waals surface area contributed by atoms with Crippen LogP contribution in [0.15, 0.2) is 152 Å². The highest BCUT2D eigenvalue weighted by Gasteiger charge is 2.39. The van der Waals surface area contributed by atoms with Crippen molar-refractivity contribution in [3.05, 3.63) is 174 Å². The zero-order valence-corrected chi connectivity index (χ0v) is 28.4. The first-order valence-corrected chi connectivity index (χ1v) is 17.4. The first-order valence-electron chi connectivity index (χ1n) is 17.4. The molecule has 0 spiro atoms. The van der Waals surface area contributed by atoms with Crippen LogP contribution >= 0.6 is 0 Å². The van der Waals surface area contributed by atoms with E-state index in [0.717, 1.165) is 5.69 Å². The average molecular weight is 628 g/mol. The highest BCUT2D eigenvalue weighted by molar-refractivity contribution is 6.17. The minimum absolute atomic E-state index is 0.0831. The van der Waals surface area contributed by atoms with Crippen molar-refractivity contribution in [1.29, 1.82) is 0 Å². The third-order valence-electron chi connectivity index (χ3n) is 11.6. The lowest BCUT2D eigenvalue weighted by atomic mass is 9.82. The molecule has 234 valence electrons. The number of rotatable bonds is 3. The van der Waals surface area contributed by atoms with E-state index >= 15 is 0 Å². The topological polar surface area (TPSA) is 3.24 Å². The van der Waals surface area contributed by atoms with E-state index in [1.807, 2.05) is 0 Å². The highest BCUT2D eigenvalue weighted by Crippen LogP contribution is 2.55. The third kappa shape index (κ3) is 3.88. The molecule has 1 nitrogen and oxygen atoms in total. The molecule has 0 N–H and O–H groups in total. The largest absolute Gasteiger partial charge is 0.310 e. The van der Waals surface area contributed by atoms with Crippen molar-refractivity contribution >= 4 is 49.4 Å². The second kappa shape index (κ2) is 9.94. The summed E-state index contributed by atoms with van der Waals surface area (Å²) in [5.41, 5.74) is 14.3. The number of hydrogen-bond donors (Lipinski definition) is 0. The van der Waals surface area contributed by atoms with Crippen LogP contribution in [0.4, 0.5) is 17.1 Å². The molecule has 0 radical (unpaired) electrons. The molecule has 49 heavy (non-hydrogen) atoms. The van der Waals surface area contributed by atoms with Crippen LogP contribution < -0.4 is 4.90 Å². The maximum atomic E-state index is 2.51. The summed E-state index contributed by atoms with van der Waals surface area (Å²) >= 11 is 0. The molecule has 2 aliphatic carbocycles. The van der Waals surface area contributed by atoms with Crippen LogP contribution in [0.3, 0.4) is 0 Å². The van der Waals surface area contributed by atoms with E-state index in [2.05, 4.69) is 184 Å². The number of fused-ring (bicyclic) bond motifs is 11. The molecular formula is C48H37N. The normalized spacial score (nSPS) is 14.9. The summed E-state index contributed by atoms with van der Waals surface area (Å²) in [6, 6.07) is 56.9. The molecule has 0 aliphatic heterocycles. The van der Waals surface area contributed by atoms with Gasteiger partial charge in [-0.3, -0.25) is 0 Å². The van der Waals surface area contributed by atoms with Crippen LogP contribution in [0.1, 0.15) is 49.9 Å². The van der Waals surface area contributed by atoms with Gasteiger partial charge in [0.25, 0.3) is 0 Å². The Morgan fingerprint density at radius 2 is 0.918 bits per heavy atom. The molecule has 0 bridgehead atoms. The van der Waals surface area contributed by atoms with Gasteiger partial charge in [0.05, 0.1) is 5.69 Å². The van der Waals surface area contributed by atoms with Gasteiger partial charge in [-0.1, -0.05) is 149 Å². The fourth-order valence-corrected chi connectivity index (χ4v) is 9.14. The third-order valence-corrected chi connectivity index (χ3v) is 11.6. The van der Waals surface area contributed by atoms with E-state index in [1.165, 1.54) is 88.2 Å².